The summed E-state index contributed by atoms with van der Waals surface area (Å²) < 4.78 is 29.4. The maximum Gasteiger partial charge on any atom is 0.416 e. The number of aryl methyl sites for hydroxylation is 1. The van der Waals surface area contributed by atoms with Crippen LogP contribution >= 0.6 is 11.8 Å². The summed E-state index contributed by atoms with van der Waals surface area (Å²) in [4.78, 5) is 128. The minimum atomic E-state index is -1.47. The molecule has 0 radical (unpaired) electrons. The van der Waals surface area contributed by atoms with Crippen molar-refractivity contribution in [1.82, 2.24) is 25.3 Å². The quantitative estimate of drug-likeness (QED) is 0.0454. The average molecular weight is 1220 g/mol. The number of ketones is 2. The first kappa shape index (κ1) is 65.1. The molecule has 87 heavy (non-hydrogen) atoms. The molecule has 8 rings (SSSR count). The number of benzene rings is 3. The van der Waals surface area contributed by atoms with Crippen LogP contribution in [0.2, 0.25) is 0 Å². The maximum absolute atomic E-state index is 14.2. The number of likely N-dealkylation sites (tertiary alicyclic amines) is 1. The second kappa shape index (κ2) is 29.7. The Morgan fingerprint density at radius 1 is 0.782 bits per heavy atom. The van der Waals surface area contributed by atoms with Crippen molar-refractivity contribution in [3.63, 3.8) is 0 Å². The normalized spacial score (nSPS) is 19.3. The number of rotatable bonds is 29. The fourth-order valence-corrected chi connectivity index (χ4v) is 11.7. The maximum atomic E-state index is 14.2. The van der Waals surface area contributed by atoms with Crippen LogP contribution in [0.1, 0.15) is 130 Å². The Morgan fingerprint density at radius 3 is 2.17 bits per heavy atom. The molecule has 22 nitrogen and oxygen atoms in total. The number of unbranched alkanes of at least 4 members (excludes halogenated alkanes) is 2. The fraction of sp³-hybridized carbons (Fsp3) is 0.500. The summed E-state index contributed by atoms with van der Waals surface area (Å²) >= 11 is 1.31. The summed E-state index contributed by atoms with van der Waals surface area (Å²) in [7, 11) is 1.53. The molecule has 2 unspecified atom stereocenters. The van der Waals surface area contributed by atoms with E-state index >= 15 is 0 Å². The molecular weight excluding hydrogens is 1140 g/mol. The van der Waals surface area contributed by atoms with Gasteiger partial charge in [-0.25, -0.2) is 9.69 Å². The van der Waals surface area contributed by atoms with Gasteiger partial charge in [-0.05, 0) is 101 Å². The summed E-state index contributed by atoms with van der Waals surface area (Å²) in [5.74, 6) is -1.86. The Morgan fingerprint density at radius 2 is 1.47 bits per heavy atom. The summed E-state index contributed by atoms with van der Waals surface area (Å²) in [5, 5.41) is 17.0. The number of nitrogens with one attached hydrogen (secondary N) is 2. The van der Waals surface area contributed by atoms with E-state index in [1.165, 1.54) is 23.8 Å². The number of hydrogen-bond acceptors (Lipinski definition) is 17. The molecule has 3 aromatic rings. The van der Waals surface area contributed by atoms with Crippen molar-refractivity contribution < 1.29 is 71.9 Å². The number of carbonyl (C=O) groups is 9. The van der Waals surface area contributed by atoms with Crippen molar-refractivity contribution in [2.24, 2.45) is 16.8 Å². The number of hydrogen-bond donors (Lipinski definition) is 3. The molecule has 0 saturated carbocycles. The molecule has 466 valence electrons. The highest BCUT2D eigenvalue weighted by molar-refractivity contribution is 8.00. The van der Waals surface area contributed by atoms with Crippen molar-refractivity contribution in [1.29, 1.82) is 0 Å². The number of amides is 7. The highest BCUT2D eigenvalue weighted by Gasteiger charge is 2.45. The number of thioether (sulfide) groups is 1. The Labute approximate surface area is 511 Å². The van der Waals surface area contributed by atoms with E-state index in [1.54, 1.807) is 79.0 Å². The van der Waals surface area contributed by atoms with Crippen LogP contribution in [-0.4, -0.2) is 162 Å². The van der Waals surface area contributed by atoms with Crippen molar-refractivity contribution in [3.05, 3.63) is 99.9 Å². The molecule has 1 saturated heterocycles. The highest BCUT2D eigenvalue weighted by atomic mass is 32.2. The van der Waals surface area contributed by atoms with Gasteiger partial charge in [0, 0.05) is 81.9 Å². The third-order valence-electron chi connectivity index (χ3n) is 16.1. The van der Waals surface area contributed by atoms with Gasteiger partial charge >= 0.3 is 6.09 Å². The number of carbonyl (C=O) groups excluding carboxylic acids is 9. The fourth-order valence-electron chi connectivity index (χ4n) is 11.1. The number of anilines is 1. The monoisotopic (exact) mass is 1220 g/mol. The lowest BCUT2D eigenvalue weighted by Gasteiger charge is -2.31. The smallest absolute Gasteiger partial charge is 0.416 e. The van der Waals surface area contributed by atoms with Crippen molar-refractivity contribution in [3.8, 4) is 17.2 Å². The second-order valence-electron chi connectivity index (χ2n) is 23.0. The van der Waals surface area contributed by atoms with Crippen molar-refractivity contribution in [2.45, 2.75) is 142 Å². The first-order valence-corrected chi connectivity index (χ1v) is 30.9. The van der Waals surface area contributed by atoms with Gasteiger partial charge in [-0.15, -0.1) is 0 Å². The van der Waals surface area contributed by atoms with E-state index in [0.29, 0.717) is 77.7 Å². The van der Waals surface area contributed by atoms with Gasteiger partial charge in [-0.3, -0.25) is 48.2 Å². The second-order valence-corrected chi connectivity index (χ2v) is 24.0. The highest BCUT2D eigenvalue weighted by Crippen LogP contribution is 2.41. The number of methoxy groups -OCH3 is 1. The molecule has 0 aromatic heterocycles. The van der Waals surface area contributed by atoms with Gasteiger partial charge < -0.3 is 49.2 Å². The summed E-state index contributed by atoms with van der Waals surface area (Å²) in [5.41, 5.74) is 5.16. The largest absolute Gasteiger partial charge is 0.493 e. The molecule has 3 N–H and O–H groups in total. The molecular formula is C64H79N7O15S. The zero-order chi connectivity index (χ0) is 62.6. The predicted octanol–water partition coefficient (Wildman–Crippen LogP) is 7.31. The number of aliphatic imine (C=N–C) groups is 1. The molecule has 7 amide bonds. The number of ether oxygens (including phenoxy) is 5. The molecule has 0 bridgehead atoms. The summed E-state index contributed by atoms with van der Waals surface area (Å²) in [6, 6.07) is 11.8. The van der Waals surface area contributed by atoms with E-state index in [1.807, 2.05) is 40.8 Å². The van der Waals surface area contributed by atoms with Crippen LogP contribution in [-0.2, 0) is 51.3 Å². The zero-order valence-corrected chi connectivity index (χ0v) is 51.5. The molecule has 5 aliphatic rings. The number of aliphatic hydroxyl groups is 1. The molecule has 23 heteroatoms. The lowest BCUT2D eigenvalue weighted by molar-refractivity contribution is -0.138. The van der Waals surface area contributed by atoms with Crippen LogP contribution in [0.5, 0.6) is 17.2 Å². The zero-order valence-electron chi connectivity index (χ0n) is 50.7. The van der Waals surface area contributed by atoms with Crippen LogP contribution in [0.3, 0.4) is 0 Å². The number of nitrogens with zero attached hydrogens (tertiary/aromatic N) is 5. The molecule has 0 spiro atoms. The molecule has 5 heterocycles. The Kier molecular flexibility index (Phi) is 22.2. The lowest BCUT2D eigenvalue weighted by Crippen LogP contribution is -2.50. The first-order valence-electron chi connectivity index (χ1n) is 29.6. The minimum Gasteiger partial charge on any atom is -0.493 e. The molecule has 3 aromatic carbocycles. The predicted molar refractivity (Wildman–Crippen MR) is 325 cm³/mol. The first-order chi connectivity index (χ1) is 41.6. The van der Waals surface area contributed by atoms with Crippen LogP contribution in [0.25, 0.3) is 0 Å². The van der Waals surface area contributed by atoms with Crippen LogP contribution in [0, 0.1) is 18.8 Å². The van der Waals surface area contributed by atoms with Crippen LogP contribution in [0.15, 0.2) is 77.1 Å². The van der Waals surface area contributed by atoms with Gasteiger partial charge in [0.05, 0.1) is 79.4 Å². The third-order valence-corrected chi connectivity index (χ3v) is 17.0. The van der Waals surface area contributed by atoms with Gasteiger partial charge in [0.1, 0.15) is 18.1 Å². The van der Waals surface area contributed by atoms with E-state index in [9.17, 15) is 48.3 Å². The van der Waals surface area contributed by atoms with E-state index in [4.69, 9.17) is 23.7 Å². The number of fused-ring (bicyclic) bond motifs is 4. The summed E-state index contributed by atoms with van der Waals surface area (Å²) in [6.45, 7) is 11.8. The molecule has 0 aliphatic carbocycles. The van der Waals surface area contributed by atoms with E-state index in [0.717, 1.165) is 33.8 Å². The van der Waals surface area contributed by atoms with Crippen molar-refractivity contribution >= 4 is 82.5 Å². The van der Waals surface area contributed by atoms with Crippen LogP contribution < -0.4 is 29.7 Å². The topological polar surface area (TPSA) is 269 Å². The van der Waals surface area contributed by atoms with Gasteiger partial charge in [-0.2, -0.15) is 11.8 Å². The van der Waals surface area contributed by atoms with E-state index in [-0.39, 0.29) is 129 Å². The Bertz CT molecular complexity index is 3220. The standard InChI is InChI=1S/C64H79N7O15S/c1-37(2)46(28-45(72)17-22-83-23-18-65-57(74)16-19-68-58(75)32-56(87-8)63(68)80)59(76)67-41(6)52(73)27-42-12-14-43(15-13-42)36-86-64(81)71-50-31-53(40(5)26-48(50)61(78)70-35-39(4)25-51(70)62(71)79)84-20-10-9-11-21-85-55-30-49-47(29-54(55)82-7)60(77)69-34-38(3)24-44(69)33-66-49/h12-15,26,29-31,33-35,37,41,44,46,51,56,62,79H,9-11,16-25,27-28,32,36H2,1-8H3,(H,65,74)(H,67,76)/t41-,44-,46-,51-,56?,62?/m0/s1. The minimum absolute atomic E-state index is 0.0135. The average Bonchev–Trinajstić information content (AvgIpc) is 1.71. The van der Waals surface area contributed by atoms with Crippen LogP contribution in [0.4, 0.5) is 16.2 Å². The lowest BCUT2D eigenvalue weighted by atomic mass is 9.88. The van der Waals surface area contributed by atoms with Gasteiger partial charge in [0.15, 0.2) is 23.5 Å². The molecule has 5 aliphatic heterocycles. The number of imide groups is 1. The number of aliphatic hydroxyl groups excluding tert-OH is 1. The van der Waals surface area contributed by atoms with Gasteiger partial charge in [0.2, 0.25) is 23.6 Å². The van der Waals surface area contributed by atoms with E-state index < -0.39 is 41.5 Å². The SMILES string of the molecule is COc1cc2c(cc1OCCCCCOc1cc3c(cc1C)C(=O)N1C=C(C)C[C@H]1C(O)N3C(=O)OCc1ccc(CC(=O)[C@H](C)NC(=O)[C@@H](CC(=O)CCOCCNC(=O)CCN3C(=O)CC(SC)C3=O)C(C)C)cc1)N=C[C@@H]1CC(C)=CN1C2=O. The van der Waals surface area contributed by atoms with Gasteiger partial charge in [0.25, 0.3) is 11.8 Å². The third kappa shape index (κ3) is 16.0. The number of Topliss-reactive ketones (excluding diaryl/α,β-unsaturated/α-hetero) is 2. The summed E-state index contributed by atoms with van der Waals surface area (Å²) in [6.07, 6.45) is 7.97. The van der Waals surface area contributed by atoms with Crippen molar-refractivity contribution in [2.75, 3.05) is 57.8 Å². The Balaban J connectivity index is 0.780. The Hall–Kier alpha value is -7.89. The molecule has 6 atom stereocenters. The van der Waals surface area contributed by atoms with Gasteiger partial charge in [-0.1, -0.05) is 49.3 Å². The van der Waals surface area contributed by atoms with E-state index in [2.05, 4.69) is 15.6 Å². The molecule has 1 fully saturated rings.